The van der Waals surface area contributed by atoms with Gasteiger partial charge >= 0.3 is 0 Å². The summed E-state index contributed by atoms with van der Waals surface area (Å²) in [5.41, 5.74) is 8.77. The van der Waals surface area contributed by atoms with Gasteiger partial charge in [0.2, 0.25) is 11.9 Å². The molecule has 3 aromatic rings. The Bertz CT molecular complexity index is 1100. The van der Waals surface area contributed by atoms with E-state index in [1.165, 1.54) is 12.4 Å². The first-order chi connectivity index (χ1) is 15.0. The van der Waals surface area contributed by atoms with Crippen molar-refractivity contribution in [3.8, 4) is 11.1 Å². The van der Waals surface area contributed by atoms with Gasteiger partial charge in [-0.25, -0.2) is 9.97 Å². The van der Waals surface area contributed by atoms with Crippen molar-refractivity contribution in [2.24, 2.45) is 17.6 Å². The molecule has 5 rings (SSSR count). The minimum Gasteiger partial charge on any atom is -0.366 e. The van der Waals surface area contributed by atoms with E-state index in [4.69, 9.17) is 5.73 Å². The topological polar surface area (TPSA) is 92.4 Å². The Kier molecular flexibility index (Phi) is 4.66. The number of rotatable bonds is 5. The molecule has 1 aliphatic carbocycles. The Hall–Kier alpha value is -3.74. The molecule has 156 valence electrons. The first-order valence-corrected chi connectivity index (χ1v) is 10.3. The van der Waals surface area contributed by atoms with Gasteiger partial charge in [-0.1, -0.05) is 42.5 Å². The third kappa shape index (κ3) is 3.52. The molecule has 2 amide bonds. The summed E-state index contributed by atoms with van der Waals surface area (Å²) in [5.74, 6) is 0.888. The number of nitrogens with two attached hydrogens (primary N) is 1. The molecule has 2 atom stereocenters. The lowest BCUT2D eigenvalue weighted by atomic mass is 10.1. The van der Waals surface area contributed by atoms with E-state index >= 15 is 0 Å². The van der Waals surface area contributed by atoms with Crippen LogP contribution in [-0.4, -0.2) is 40.9 Å². The Labute approximate surface area is 180 Å². The van der Waals surface area contributed by atoms with Crippen LogP contribution in [0.1, 0.15) is 17.3 Å². The normalized spacial score (nSPS) is 21.5. The van der Waals surface area contributed by atoms with Crippen LogP contribution in [0.2, 0.25) is 0 Å². The quantitative estimate of drug-likeness (QED) is 0.694. The summed E-state index contributed by atoms with van der Waals surface area (Å²) in [4.78, 5) is 36.3. The predicted octanol–water partition coefficient (Wildman–Crippen LogP) is 2.73. The van der Waals surface area contributed by atoms with Crippen molar-refractivity contribution in [3.05, 3.63) is 72.6 Å². The fraction of sp³-hybridized carbons (Fsp3) is 0.250. The van der Waals surface area contributed by atoms with E-state index < -0.39 is 5.91 Å². The third-order valence-electron chi connectivity index (χ3n) is 6.24. The number of piperidine rings is 1. The molecule has 0 bridgehead atoms. The molecule has 7 heteroatoms. The second kappa shape index (κ2) is 7.50. The molecule has 2 fully saturated rings. The van der Waals surface area contributed by atoms with Crippen LogP contribution >= 0.6 is 0 Å². The summed E-state index contributed by atoms with van der Waals surface area (Å²) in [6.45, 7) is 3.21. The van der Waals surface area contributed by atoms with Gasteiger partial charge in [0.15, 0.2) is 0 Å². The number of hydrogen-bond donors (Lipinski definition) is 1. The van der Waals surface area contributed by atoms with Crippen LogP contribution in [0.5, 0.6) is 0 Å². The maximum Gasteiger partial charge on any atom is 0.251 e. The van der Waals surface area contributed by atoms with Crippen molar-refractivity contribution in [2.45, 2.75) is 13.0 Å². The number of fused-ring (bicyclic) bond motifs is 1. The molecule has 31 heavy (non-hydrogen) atoms. The molecule has 1 saturated carbocycles. The van der Waals surface area contributed by atoms with Gasteiger partial charge in [-0.2, -0.15) is 0 Å². The monoisotopic (exact) mass is 413 g/mol. The number of primary amides is 1. The van der Waals surface area contributed by atoms with E-state index in [2.05, 4.69) is 39.1 Å². The minimum absolute atomic E-state index is 0.0560. The number of amides is 2. The van der Waals surface area contributed by atoms with E-state index in [1.807, 2.05) is 35.2 Å². The van der Waals surface area contributed by atoms with Gasteiger partial charge in [-0.15, -0.1) is 0 Å². The molecule has 7 nitrogen and oxygen atoms in total. The van der Waals surface area contributed by atoms with Crippen molar-refractivity contribution < 1.29 is 9.59 Å². The Balaban J connectivity index is 1.29. The second-order valence-electron chi connectivity index (χ2n) is 8.16. The summed E-state index contributed by atoms with van der Waals surface area (Å²) in [5, 5.41) is 0. The summed E-state index contributed by atoms with van der Waals surface area (Å²) in [6.07, 6.45) is 2.92. The first kappa shape index (κ1) is 19.2. The van der Waals surface area contributed by atoms with Crippen molar-refractivity contribution in [1.29, 1.82) is 0 Å². The molecule has 1 aliphatic heterocycles. The molecule has 1 aromatic heterocycles. The molecule has 2 heterocycles. The van der Waals surface area contributed by atoms with Gasteiger partial charge in [0.1, 0.15) is 0 Å². The zero-order valence-corrected chi connectivity index (χ0v) is 17.2. The molecule has 0 radical (unpaired) electrons. The lowest BCUT2D eigenvalue weighted by Crippen LogP contribution is -2.38. The Morgan fingerprint density at radius 2 is 1.52 bits per heavy atom. The highest BCUT2D eigenvalue weighted by atomic mass is 16.2. The van der Waals surface area contributed by atoms with Crippen LogP contribution in [0.25, 0.3) is 11.1 Å². The molecule has 2 aromatic carbocycles. The van der Waals surface area contributed by atoms with Gasteiger partial charge in [0.25, 0.3) is 5.91 Å². The number of aromatic nitrogens is 2. The predicted molar refractivity (Wildman–Crippen MR) is 119 cm³/mol. The maximum absolute atomic E-state index is 12.5. The standard InChI is InChI=1S/C24H23N5O2/c1-15(30)29(19-9-7-17(8-10-19)16-5-3-2-4-6-16)22-20-13-28(14-21(20)22)24-26-11-18(12-27-24)23(25)31/h2-12,20-22H,13-14H2,1H3,(H2,25,31). The van der Waals surface area contributed by atoms with Gasteiger partial charge < -0.3 is 15.5 Å². The van der Waals surface area contributed by atoms with Crippen molar-refractivity contribution in [1.82, 2.24) is 9.97 Å². The molecular formula is C24H23N5O2. The highest BCUT2D eigenvalue weighted by molar-refractivity contribution is 5.93. The first-order valence-electron chi connectivity index (χ1n) is 10.3. The summed E-state index contributed by atoms with van der Waals surface area (Å²) >= 11 is 0. The van der Waals surface area contributed by atoms with E-state index in [9.17, 15) is 9.59 Å². The van der Waals surface area contributed by atoms with Crippen LogP contribution in [0.3, 0.4) is 0 Å². The minimum atomic E-state index is -0.536. The average molecular weight is 413 g/mol. The van der Waals surface area contributed by atoms with Crippen LogP contribution < -0.4 is 15.5 Å². The van der Waals surface area contributed by atoms with Gasteiger partial charge in [-0.3, -0.25) is 9.59 Å². The molecule has 1 saturated heterocycles. The summed E-state index contributed by atoms with van der Waals surface area (Å²) < 4.78 is 0. The van der Waals surface area contributed by atoms with E-state index in [0.29, 0.717) is 23.3 Å². The smallest absolute Gasteiger partial charge is 0.251 e. The Morgan fingerprint density at radius 3 is 2.06 bits per heavy atom. The fourth-order valence-corrected chi connectivity index (χ4v) is 4.66. The molecule has 2 aliphatic rings. The highest BCUT2D eigenvalue weighted by Gasteiger charge is 2.59. The van der Waals surface area contributed by atoms with E-state index in [-0.39, 0.29) is 11.9 Å². The third-order valence-corrected chi connectivity index (χ3v) is 6.24. The highest BCUT2D eigenvalue weighted by Crippen LogP contribution is 2.50. The van der Waals surface area contributed by atoms with Gasteiger partial charge in [-0.05, 0) is 23.3 Å². The number of hydrogen-bond acceptors (Lipinski definition) is 5. The van der Waals surface area contributed by atoms with Gasteiger partial charge in [0.05, 0.1) is 5.56 Å². The van der Waals surface area contributed by atoms with Gasteiger partial charge in [0, 0.05) is 56.0 Å². The van der Waals surface area contributed by atoms with Crippen LogP contribution in [0, 0.1) is 11.8 Å². The second-order valence-corrected chi connectivity index (χ2v) is 8.16. The van der Waals surface area contributed by atoms with E-state index in [0.717, 1.165) is 29.9 Å². The zero-order chi connectivity index (χ0) is 21.5. The SMILES string of the molecule is CC(=O)N(c1ccc(-c2ccccc2)cc1)C1C2CN(c3ncc(C(N)=O)cn3)CC21. The lowest BCUT2D eigenvalue weighted by Gasteiger charge is -2.27. The number of carbonyl (C=O) groups excluding carboxylic acids is 2. The van der Waals surface area contributed by atoms with Crippen LogP contribution in [0.4, 0.5) is 11.6 Å². The van der Waals surface area contributed by atoms with Crippen molar-refractivity contribution >= 4 is 23.5 Å². The molecule has 2 N–H and O–H groups in total. The summed E-state index contributed by atoms with van der Waals surface area (Å²) in [6, 6.07) is 18.6. The lowest BCUT2D eigenvalue weighted by molar-refractivity contribution is -0.116. The maximum atomic E-state index is 12.5. The van der Waals surface area contributed by atoms with Crippen LogP contribution in [-0.2, 0) is 4.79 Å². The van der Waals surface area contributed by atoms with Crippen molar-refractivity contribution in [3.63, 3.8) is 0 Å². The number of nitrogens with zero attached hydrogens (tertiary/aromatic N) is 4. The molecule has 2 unspecified atom stereocenters. The van der Waals surface area contributed by atoms with Crippen LogP contribution in [0.15, 0.2) is 67.0 Å². The number of benzene rings is 2. The Morgan fingerprint density at radius 1 is 0.935 bits per heavy atom. The number of anilines is 2. The molecular weight excluding hydrogens is 390 g/mol. The largest absolute Gasteiger partial charge is 0.366 e. The number of carbonyl (C=O) groups is 2. The molecule has 0 spiro atoms. The summed E-state index contributed by atoms with van der Waals surface area (Å²) in [7, 11) is 0. The van der Waals surface area contributed by atoms with E-state index in [1.54, 1.807) is 6.92 Å². The average Bonchev–Trinajstić information content (AvgIpc) is 3.25. The zero-order valence-electron chi connectivity index (χ0n) is 17.2. The fourth-order valence-electron chi connectivity index (χ4n) is 4.66. The van der Waals surface area contributed by atoms with Crippen molar-refractivity contribution in [2.75, 3.05) is 22.9 Å².